The van der Waals surface area contributed by atoms with Crippen molar-refractivity contribution in [3.8, 4) is 0 Å². The van der Waals surface area contributed by atoms with Gasteiger partial charge in [0.05, 0.1) is 5.92 Å². The highest BCUT2D eigenvalue weighted by Gasteiger charge is 2.51. The highest BCUT2D eigenvalue weighted by atomic mass is 19.4. The van der Waals surface area contributed by atoms with Gasteiger partial charge in [0.25, 0.3) is 0 Å². The van der Waals surface area contributed by atoms with Gasteiger partial charge in [-0.1, -0.05) is 72.8 Å². The van der Waals surface area contributed by atoms with Crippen LogP contribution in [0.3, 0.4) is 0 Å². The minimum Gasteiger partial charge on any atom is -0.171 e. The summed E-state index contributed by atoms with van der Waals surface area (Å²) in [7, 11) is 0. The van der Waals surface area contributed by atoms with Crippen molar-refractivity contribution in [3.05, 3.63) is 24.3 Å². The summed E-state index contributed by atoms with van der Waals surface area (Å²) in [4.78, 5) is 0. The van der Waals surface area contributed by atoms with E-state index >= 15 is 0 Å². The lowest BCUT2D eigenvalue weighted by Gasteiger charge is -2.33. The minimum absolute atomic E-state index is 0.308. The molecule has 0 aromatic rings. The Bertz CT molecular complexity index is 439. The van der Waals surface area contributed by atoms with Crippen molar-refractivity contribution in [3.63, 3.8) is 0 Å². The van der Waals surface area contributed by atoms with E-state index in [0.29, 0.717) is 31.6 Å². The fraction of sp³-hybridized carbons (Fsp3) is 0.846. The van der Waals surface area contributed by atoms with Crippen LogP contribution in [0.4, 0.5) is 13.2 Å². The third-order valence-electron chi connectivity index (χ3n) is 5.99. The van der Waals surface area contributed by atoms with E-state index in [1.807, 2.05) is 34.6 Å². The van der Waals surface area contributed by atoms with Crippen LogP contribution < -0.4 is 0 Å². The second kappa shape index (κ2) is 14.3. The number of alkyl halides is 3. The van der Waals surface area contributed by atoms with Gasteiger partial charge < -0.3 is 0 Å². The average Bonchev–Trinajstić information content (AvgIpc) is 3.48. The highest BCUT2D eigenvalue weighted by molar-refractivity contribution is 5.09. The van der Waals surface area contributed by atoms with Gasteiger partial charge in [-0.2, -0.15) is 13.2 Å². The molecule has 0 amide bonds. The Kier molecular flexibility index (Phi) is 13.9. The third-order valence-corrected chi connectivity index (χ3v) is 5.99. The summed E-state index contributed by atoms with van der Waals surface area (Å²) < 4.78 is 36.9. The number of hydrogen-bond donors (Lipinski definition) is 0. The molecule has 0 aromatic carbocycles. The van der Waals surface area contributed by atoms with Crippen LogP contribution in [-0.4, -0.2) is 6.18 Å². The van der Waals surface area contributed by atoms with E-state index in [1.54, 1.807) is 0 Å². The second-order valence-corrected chi connectivity index (χ2v) is 8.79. The standard InChI is InChI=1S/C11H17F3.C11H18.2C2H6/c1-2-3-4-9-5-7-10(8-6-9)11(12,13)14;1-9(2)3-4-10-7-11(8-10)5-6-11;2*1-2/h3-4,9-10H,2,5-8H2,1H3;3-4,9-10H,5-8H2,1-2H3;2*1-2H3/b2*4-3+;;. The summed E-state index contributed by atoms with van der Waals surface area (Å²) >= 11 is 0. The molecular weight excluding hydrogens is 369 g/mol. The van der Waals surface area contributed by atoms with Gasteiger partial charge in [0.2, 0.25) is 0 Å². The Morgan fingerprint density at radius 2 is 1.38 bits per heavy atom. The predicted octanol–water partition coefficient (Wildman–Crippen LogP) is 9.76. The molecule has 0 aromatic heterocycles. The van der Waals surface area contributed by atoms with Gasteiger partial charge in [-0.3, -0.25) is 0 Å². The van der Waals surface area contributed by atoms with Gasteiger partial charge in [-0.15, -0.1) is 0 Å². The van der Waals surface area contributed by atoms with Crippen LogP contribution in [0, 0.1) is 29.1 Å². The van der Waals surface area contributed by atoms with E-state index < -0.39 is 12.1 Å². The summed E-state index contributed by atoms with van der Waals surface area (Å²) in [6.45, 7) is 14.5. The van der Waals surface area contributed by atoms with E-state index in [9.17, 15) is 13.2 Å². The molecular formula is C26H47F3. The molecule has 0 radical (unpaired) electrons. The van der Waals surface area contributed by atoms with E-state index in [0.717, 1.165) is 23.7 Å². The normalized spacial score (nSPS) is 25.5. The van der Waals surface area contributed by atoms with Crippen molar-refractivity contribution in [1.82, 2.24) is 0 Å². The third kappa shape index (κ3) is 11.3. The van der Waals surface area contributed by atoms with E-state index in [4.69, 9.17) is 0 Å². The SMILES string of the molecule is CC.CC.CC(C)/C=C/C1CC2(CC2)C1.CC/C=C/C1CCC(C(F)(F)F)CC1. The van der Waals surface area contributed by atoms with E-state index in [-0.39, 0.29) is 0 Å². The predicted molar refractivity (Wildman–Crippen MR) is 122 cm³/mol. The molecule has 0 unspecified atom stereocenters. The highest BCUT2D eigenvalue weighted by Crippen LogP contribution is 2.63. The molecule has 3 aliphatic carbocycles. The number of allylic oxidation sites excluding steroid dienone is 4. The average molecular weight is 417 g/mol. The lowest BCUT2D eigenvalue weighted by Crippen LogP contribution is -2.27. The molecule has 0 saturated heterocycles. The summed E-state index contributed by atoms with van der Waals surface area (Å²) in [5.41, 5.74) is 0.881. The Morgan fingerprint density at radius 1 is 0.862 bits per heavy atom. The molecule has 3 saturated carbocycles. The molecule has 0 bridgehead atoms. The van der Waals surface area contributed by atoms with Gasteiger partial charge in [-0.25, -0.2) is 0 Å². The van der Waals surface area contributed by atoms with Crippen LogP contribution in [-0.2, 0) is 0 Å². The molecule has 0 N–H and O–H groups in total. The topological polar surface area (TPSA) is 0 Å². The largest absolute Gasteiger partial charge is 0.391 e. The summed E-state index contributed by atoms with van der Waals surface area (Å²) in [5.74, 6) is 1.02. The molecule has 3 aliphatic rings. The first-order valence-electron chi connectivity index (χ1n) is 12.2. The van der Waals surface area contributed by atoms with Gasteiger partial charge in [-0.05, 0) is 81.0 Å². The Morgan fingerprint density at radius 3 is 1.76 bits per heavy atom. The van der Waals surface area contributed by atoms with Crippen molar-refractivity contribution in [2.45, 2.75) is 112 Å². The van der Waals surface area contributed by atoms with Crippen LogP contribution in [0.2, 0.25) is 0 Å². The fourth-order valence-electron chi connectivity index (χ4n) is 4.12. The van der Waals surface area contributed by atoms with Gasteiger partial charge in [0.1, 0.15) is 0 Å². The fourth-order valence-corrected chi connectivity index (χ4v) is 4.12. The molecule has 3 fully saturated rings. The molecule has 172 valence electrons. The Hall–Kier alpha value is -0.730. The quantitative estimate of drug-likeness (QED) is 0.400. The van der Waals surface area contributed by atoms with Crippen LogP contribution in [0.5, 0.6) is 0 Å². The molecule has 0 atom stereocenters. The number of rotatable bonds is 4. The lowest BCUT2D eigenvalue weighted by atomic mass is 9.71. The molecule has 0 aliphatic heterocycles. The lowest BCUT2D eigenvalue weighted by molar-refractivity contribution is -0.183. The van der Waals surface area contributed by atoms with Crippen molar-refractivity contribution in [1.29, 1.82) is 0 Å². The monoisotopic (exact) mass is 416 g/mol. The molecule has 0 heterocycles. The Labute approximate surface area is 179 Å². The number of hydrogen-bond acceptors (Lipinski definition) is 0. The molecule has 3 heteroatoms. The first-order valence-corrected chi connectivity index (χ1v) is 12.2. The zero-order valence-electron chi connectivity index (χ0n) is 20.1. The first kappa shape index (κ1) is 28.3. The summed E-state index contributed by atoms with van der Waals surface area (Å²) in [6.07, 6.45) is 14.0. The maximum absolute atomic E-state index is 12.3. The van der Waals surface area contributed by atoms with Crippen molar-refractivity contribution in [2.75, 3.05) is 0 Å². The minimum atomic E-state index is -3.97. The zero-order chi connectivity index (χ0) is 22.5. The van der Waals surface area contributed by atoms with Gasteiger partial charge in [0, 0.05) is 0 Å². The Balaban J connectivity index is 0.000000469. The molecule has 0 nitrogen and oxygen atoms in total. The van der Waals surface area contributed by atoms with E-state index in [1.165, 1.54) is 25.7 Å². The van der Waals surface area contributed by atoms with Crippen LogP contribution in [0.15, 0.2) is 24.3 Å². The van der Waals surface area contributed by atoms with Gasteiger partial charge in [0.15, 0.2) is 0 Å². The second-order valence-electron chi connectivity index (χ2n) is 8.79. The molecule has 3 rings (SSSR count). The first-order chi connectivity index (χ1) is 13.7. The maximum Gasteiger partial charge on any atom is 0.391 e. The maximum atomic E-state index is 12.3. The van der Waals surface area contributed by atoms with Crippen LogP contribution in [0.25, 0.3) is 0 Å². The summed E-state index contributed by atoms with van der Waals surface area (Å²) in [6, 6.07) is 0. The van der Waals surface area contributed by atoms with Crippen molar-refractivity contribution < 1.29 is 13.2 Å². The van der Waals surface area contributed by atoms with Crippen LogP contribution >= 0.6 is 0 Å². The number of halogens is 3. The smallest absolute Gasteiger partial charge is 0.171 e. The van der Waals surface area contributed by atoms with Crippen molar-refractivity contribution >= 4 is 0 Å². The van der Waals surface area contributed by atoms with Crippen molar-refractivity contribution in [2.24, 2.45) is 29.1 Å². The molecule has 1 spiro atoms. The van der Waals surface area contributed by atoms with Crippen LogP contribution in [0.1, 0.15) is 106 Å². The summed E-state index contributed by atoms with van der Waals surface area (Å²) in [5, 5.41) is 0. The zero-order valence-corrected chi connectivity index (χ0v) is 20.1. The van der Waals surface area contributed by atoms with Gasteiger partial charge >= 0.3 is 6.18 Å². The van der Waals surface area contributed by atoms with E-state index in [2.05, 4.69) is 38.2 Å². The molecule has 29 heavy (non-hydrogen) atoms.